The van der Waals surface area contributed by atoms with Gasteiger partial charge >= 0.3 is 0 Å². The van der Waals surface area contributed by atoms with E-state index in [1.165, 1.54) is 0 Å². The average molecular weight is 293 g/mol. The van der Waals surface area contributed by atoms with Gasteiger partial charge in [0, 0.05) is 17.7 Å². The van der Waals surface area contributed by atoms with Crippen LogP contribution in [-0.2, 0) is 0 Å². The lowest BCUT2D eigenvalue weighted by Crippen LogP contribution is -2.26. The molecule has 2 rings (SSSR count). The molecule has 2 aromatic rings. The van der Waals surface area contributed by atoms with Crippen LogP contribution in [0.5, 0.6) is 0 Å². The molecule has 1 atom stereocenters. The lowest BCUT2D eigenvalue weighted by molar-refractivity contribution is 0.486. The van der Waals surface area contributed by atoms with Gasteiger partial charge in [0.15, 0.2) is 0 Å². The Kier molecular flexibility index (Phi) is 5.02. The predicted molar refractivity (Wildman–Crippen MR) is 77.6 cm³/mol. The molecule has 0 aromatic heterocycles. The molecule has 1 nitrogen and oxygen atoms in total. The number of nitrogens with one attached hydrogen (secondary N) is 1. The predicted octanol–water partition coefficient (Wildman–Crippen LogP) is 4.50. The lowest BCUT2D eigenvalue weighted by Gasteiger charge is -2.22. The molecule has 0 fully saturated rings. The molecule has 0 amide bonds. The van der Waals surface area contributed by atoms with Crippen LogP contribution < -0.4 is 5.32 Å². The number of rotatable bonds is 5. The smallest absolute Gasteiger partial charge is 0.134 e. The molecule has 1 N–H and O–H groups in total. The maximum atomic E-state index is 14.1. The standard InChI is InChI=1S/C17H18F3N/c1-3-8-21-17(13-7-5-4-6-11(13)2)16-14(19)9-12(18)10-15(16)20/h4-7,9-10,17,21H,3,8H2,1-2H3. The first-order valence-corrected chi connectivity index (χ1v) is 6.98. The Balaban J connectivity index is 2.54. The summed E-state index contributed by atoms with van der Waals surface area (Å²) in [6, 6.07) is 8.20. The zero-order chi connectivity index (χ0) is 15.4. The topological polar surface area (TPSA) is 12.0 Å². The molecule has 21 heavy (non-hydrogen) atoms. The van der Waals surface area contributed by atoms with Crippen LogP contribution in [0, 0.1) is 24.4 Å². The van der Waals surface area contributed by atoms with E-state index in [1.807, 2.05) is 38.1 Å². The minimum Gasteiger partial charge on any atom is -0.306 e. The fourth-order valence-corrected chi connectivity index (χ4v) is 2.40. The number of hydrogen-bond acceptors (Lipinski definition) is 1. The van der Waals surface area contributed by atoms with Crippen molar-refractivity contribution in [3.8, 4) is 0 Å². The fraction of sp³-hybridized carbons (Fsp3) is 0.294. The van der Waals surface area contributed by atoms with E-state index in [2.05, 4.69) is 5.32 Å². The first-order valence-electron chi connectivity index (χ1n) is 6.98. The van der Waals surface area contributed by atoms with Crippen molar-refractivity contribution in [2.24, 2.45) is 0 Å². The number of aryl methyl sites for hydroxylation is 1. The number of benzene rings is 2. The SMILES string of the molecule is CCCNC(c1ccccc1C)c1c(F)cc(F)cc1F. The summed E-state index contributed by atoms with van der Waals surface area (Å²) in [5.41, 5.74) is 1.57. The third-order valence-electron chi connectivity index (χ3n) is 3.43. The third kappa shape index (κ3) is 3.45. The van der Waals surface area contributed by atoms with Crippen molar-refractivity contribution in [2.75, 3.05) is 6.54 Å². The molecule has 2 aromatic carbocycles. The quantitative estimate of drug-likeness (QED) is 0.855. The Morgan fingerprint density at radius 1 is 1.05 bits per heavy atom. The molecule has 0 saturated heterocycles. The van der Waals surface area contributed by atoms with E-state index in [4.69, 9.17) is 0 Å². The molecule has 0 heterocycles. The van der Waals surface area contributed by atoms with E-state index in [1.54, 1.807) is 0 Å². The van der Waals surface area contributed by atoms with Gasteiger partial charge in [0.25, 0.3) is 0 Å². The van der Waals surface area contributed by atoms with E-state index in [0.717, 1.165) is 29.7 Å². The summed E-state index contributed by atoms with van der Waals surface area (Å²) in [5.74, 6) is -2.65. The molecule has 4 heteroatoms. The van der Waals surface area contributed by atoms with Gasteiger partial charge in [0.2, 0.25) is 0 Å². The van der Waals surface area contributed by atoms with Crippen molar-refractivity contribution in [1.82, 2.24) is 5.32 Å². The normalized spacial score (nSPS) is 12.4. The van der Waals surface area contributed by atoms with Crippen molar-refractivity contribution in [3.63, 3.8) is 0 Å². The molecule has 0 aliphatic rings. The van der Waals surface area contributed by atoms with E-state index >= 15 is 0 Å². The van der Waals surface area contributed by atoms with Gasteiger partial charge in [-0.2, -0.15) is 0 Å². The second-order valence-corrected chi connectivity index (χ2v) is 5.03. The highest BCUT2D eigenvalue weighted by Crippen LogP contribution is 2.29. The van der Waals surface area contributed by atoms with Crippen LogP contribution in [0.1, 0.15) is 36.1 Å². The molecule has 112 valence electrons. The molecule has 0 aliphatic carbocycles. The van der Waals surface area contributed by atoms with E-state index in [0.29, 0.717) is 6.54 Å². The molecule has 0 aliphatic heterocycles. The van der Waals surface area contributed by atoms with Gasteiger partial charge in [0.05, 0.1) is 6.04 Å². The molecule has 0 saturated carbocycles. The van der Waals surface area contributed by atoms with E-state index < -0.39 is 23.5 Å². The summed E-state index contributed by atoms with van der Waals surface area (Å²) >= 11 is 0. The van der Waals surface area contributed by atoms with Gasteiger partial charge in [-0.15, -0.1) is 0 Å². The minimum absolute atomic E-state index is 0.140. The Labute approximate surface area is 122 Å². The maximum Gasteiger partial charge on any atom is 0.134 e. The Morgan fingerprint density at radius 3 is 2.24 bits per heavy atom. The van der Waals surface area contributed by atoms with Crippen molar-refractivity contribution >= 4 is 0 Å². The van der Waals surface area contributed by atoms with Gasteiger partial charge in [-0.05, 0) is 31.0 Å². The zero-order valence-electron chi connectivity index (χ0n) is 12.1. The summed E-state index contributed by atoms with van der Waals surface area (Å²) in [7, 11) is 0. The Hall–Kier alpha value is -1.81. The van der Waals surface area contributed by atoms with Crippen LogP contribution in [0.2, 0.25) is 0 Å². The van der Waals surface area contributed by atoms with Gasteiger partial charge < -0.3 is 5.32 Å². The Bertz CT molecular complexity index is 602. The second-order valence-electron chi connectivity index (χ2n) is 5.03. The summed E-state index contributed by atoms with van der Waals surface area (Å²) in [5, 5.41) is 3.14. The summed E-state index contributed by atoms with van der Waals surface area (Å²) in [4.78, 5) is 0. The minimum atomic E-state index is -0.909. The lowest BCUT2D eigenvalue weighted by atomic mass is 9.94. The van der Waals surface area contributed by atoms with Gasteiger partial charge in [0.1, 0.15) is 17.5 Å². The third-order valence-corrected chi connectivity index (χ3v) is 3.43. The first-order chi connectivity index (χ1) is 10.0. The van der Waals surface area contributed by atoms with E-state index in [-0.39, 0.29) is 5.56 Å². The number of halogens is 3. The van der Waals surface area contributed by atoms with Crippen molar-refractivity contribution in [3.05, 3.63) is 70.5 Å². The van der Waals surface area contributed by atoms with Crippen LogP contribution in [0.3, 0.4) is 0 Å². The highest BCUT2D eigenvalue weighted by molar-refractivity contribution is 5.38. The molecule has 0 bridgehead atoms. The monoisotopic (exact) mass is 293 g/mol. The highest BCUT2D eigenvalue weighted by atomic mass is 19.1. The van der Waals surface area contributed by atoms with Gasteiger partial charge in [-0.25, -0.2) is 13.2 Å². The fourth-order valence-electron chi connectivity index (χ4n) is 2.40. The van der Waals surface area contributed by atoms with Crippen molar-refractivity contribution in [1.29, 1.82) is 0 Å². The molecular formula is C17H18F3N. The van der Waals surface area contributed by atoms with Crippen LogP contribution in [0.15, 0.2) is 36.4 Å². The van der Waals surface area contributed by atoms with Crippen molar-refractivity contribution < 1.29 is 13.2 Å². The highest BCUT2D eigenvalue weighted by Gasteiger charge is 2.23. The van der Waals surface area contributed by atoms with Crippen LogP contribution in [-0.4, -0.2) is 6.54 Å². The van der Waals surface area contributed by atoms with Crippen LogP contribution in [0.25, 0.3) is 0 Å². The second kappa shape index (κ2) is 6.76. The average Bonchev–Trinajstić information content (AvgIpc) is 2.42. The summed E-state index contributed by atoms with van der Waals surface area (Å²) in [6.45, 7) is 4.46. The maximum absolute atomic E-state index is 14.1. The summed E-state index contributed by atoms with van der Waals surface area (Å²) in [6.07, 6.45) is 0.826. The zero-order valence-corrected chi connectivity index (χ0v) is 12.1. The largest absolute Gasteiger partial charge is 0.306 e. The number of hydrogen-bond donors (Lipinski definition) is 1. The molecule has 0 spiro atoms. The summed E-state index contributed by atoms with van der Waals surface area (Å²) < 4.78 is 41.3. The van der Waals surface area contributed by atoms with Crippen molar-refractivity contribution in [2.45, 2.75) is 26.3 Å². The molecule has 1 unspecified atom stereocenters. The van der Waals surface area contributed by atoms with Gasteiger partial charge in [-0.3, -0.25) is 0 Å². The van der Waals surface area contributed by atoms with Crippen LogP contribution in [0.4, 0.5) is 13.2 Å². The first kappa shape index (κ1) is 15.6. The van der Waals surface area contributed by atoms with Crippen LogP contribution >= 0.6 is 0 Å². The van der Waals surface area contributed by atoms with Gasteiger partial charge in [-0.1, -0.05) is 31.2 Å². The molecular weight excluding hydrogens is 275 g/mol. The molecule has 0 radical (unpaired) electrons. The Morgan fingerprint density at radius 2 is 1.67 bits per heavy atom. The van der Waals surface area contributed by atoms with E-state index in [9.17, 15) is 13.2 Å².